The van der Waals surface area contributed by atoms with E-state index >= 15 is 0 Å². The zero-order chi connectivity index (χ0) is 18.1. The van der Waals surface area contributed by atoms with Crippen LogP contribution in [0, 0.1) is 5.92 Å². The number of hydrogen-bond donors (Lipinski definition) is 3. The van der Waals surface area contributed by atoms with Crippen molar-refractivity contribution in [3.63, 3.8) is 0 Å². The van der Waals surface area contributed by atoms with Crippen LogP contribution >= 0.6 is 0 Å². The zero-order valence-electron chi connectivity index (χ0n) is 14.8. The molecule has 26 heavy (non-hydrogen) atoms. The van der Waals surface area contributed by atoms with E-state index in [2.05, 4.69) is 35.0 Å². The van der Waals surface area contributed by atoms with Crippen LogP contribution in [-0.2, 0) is 11.2 Å². The maximum absolute atomic E-state index is 12.5. The van der Waals surface area contributed by atoms with Crippen molar-refractivity contribution < 1.29 is 9.59 Å². The van der Waals surface area contributed by atoms with Crippen LogP contribution in [-0.4, -0.2) is 18.5 Å². The van der Waals surface area contributed by atoms with Crippen LogP contribution in [0.15, 0.2) is 48.5 Å². The molecule has 2 aromatic carbocycles. The first kappa shape index (κ1) is 16.6. The molecule has 1 heterocycles. The molecule has 0 saturated carbocycles. The van der Waals surface area contributed by atoms with E-state index in [1.165, 1.54) is 11.1 Å². The summed E-state index contributed by atoms with van der Waals surface area (Å²) in [5.41, 5.74) is 4.43. The van der Waals surface area contributed by atoms with Crippen LogP contribution in [0.4, 0.5) is 10.5 Å². The van der Waals surface area contributed by atoms with Crippen LogP contribution in [0.3, 0.4) is 0 Å². The summed E-state index contributed by atoms with van der Waals surface area (Å²) in [6.45, 7) is 2.60. The van der Waals surface area contributed by atoms with E-state index in [1.807, 2.05) is 36.4 Å². The Morgan fingerprint density at radius 1 is 1.08 bits per heavy atom. The molecule has 5 nitrogen and oxygen atoms in total. The molecule has 0 aromatic heterocycles. The smallest absolute Gasteiger partial charge is 0.315 e. The minimum absolute atomic E-state index is 0.000937. The largest absolute Gasteiger partial charge is 0.338 e. The number of hydrogen-bond acceptors (Lipinski definition) is 2. The molecule has 3 amide bonds. The molecule has 3 atom stereocenters. The lowest BCUT2D eigenvalue weighted by atomic mass is 9.90. The van der Waals surface area contributed by atoms with E-state index in [9.17, 15) is 9.59 Å². The summed E-state index contributed by atoms with van der Waals surface area (Å²) in [6, 6.07) is 15.9. The van der Waals surface area contributed by atoms with E-state index in [1.54, 1.807) is 0 Å². The highest BCUT2D eigenvalue weighted by Crippen LogP contribution is 2.35. The van der Waals surface area contributed by atoms with Crippen molar-refractivity contribution in [3.05, 3.63) is 65.2 Å². The van der Waals surface area contributed by atoms with E-state index in [-0.39, 0.29) is 23.9 Å². The SMILES string of the molecule is C[C@@H]1Cc2ccccc2[C@@H]1NC(=O)NC[C@H]1CC(=O)Nc2ccccc21. The summed E-state index contributed by atoms with van der Waals surface area (Å²) in [4.78, 5) is 24.4. The molecule has 0 fully saturated rings. The average Bonchev–Trinajstić information content (AvgIpc) is 2.95. The number of urea groups is 1. The zero-order valence-corrected chi connectivity index (χ0v) is 14.8. The lowest BCUT2D eigenvalue weighted by molar-refractivity contribution is -0.116. The second-order valence-electron chi connectivity index (χ2n) is 7.25. The Kier molecular flexibility index (Phi) is 4.37. The third kappa shape index (κ3) is 3.17. The van der Waals surface area contributed by atoms with Gasteiger partial charge in [-0.25, -0.2) is 4.79 Å². The van der Waals surface area contributed by atoms with Gasteiger partial charge in [-0.3, -0.25) is 4.79 Å². The first-order valence-electron chi connectivity index (χ1n) is 9.13. The van der Waals surface area contributed by atoms with Gasteiger partial charge in [0.1, 0.15) is 0 Å². The predicted octanol–water partition coefficient (Wildman–Crippen LogP) is 3.35. The fourth-order valence-electron chi connectivity index (χ4n) is 4.11. The molecule has 0 unspecified atom stereocenters. The minimum Gasteiger partial charge on any atom is -0.338 e. The molecule has 0 saturated heterocycles. The van der Waals surface area contributed by atoms with E-state index < -0.39 is 0 Å². The fraction of sp³-hybridized carbons (Fsp3) is 0.333. The van der Waals surface area contributed by atoms with Crippen molar-refractivity contribution in [3.8, 4) is 0 Å². The van der Waals surface area contributed by atoms with Crippen molar-refractivity contribution in [2.75, 3.05) is 11.9 Å². The van der Waals surface area contributed by atoms with Crippen molar-refractivity contribution in [2.45, 2.75) is 31.7 Å². The van der Waals surface area contributed by atoms with Gasteiger partial charge < -0.3 is 16.0 Å². The Morgan fingerprint density at radius 2 is 1.81 bits per heavy atom. The number of anilines is 1. The quantitative estimate of drug-likeness (QED) is 0.795. The number of carbonyl (C=O) groups excluding carboxylic acids is 2. The predicted molar refractivity (Wildman–Crippen MR) is 101 cm³/mol. The lowest BCUT2D eigenvalue weighted by Gasteiger charge is -2.26. The number of fused-ring (bicyclic) bond motifs is 2. The number of rotatable bonds is 3. The average molecular weight is 349 g/mol. The van der Waals surface area contributed by atoms with Gasteiger partial charge in [0, 0.05) is 24.6 Å². The first-order chi connectivity index (χ1) is 12.6. The van der Waals surface area contributed by atoms with Gasteiger partial charge in [0.15, 0.2) is 0 Å². The van der Waals surface area contributed by atoms with Crippen LogP contribution in [0.2, 0.25) is 0 Å². The van der Waals surface area contributed by atoms with Crippen molar-refractivity contribution in [1.29, 1.82) is 0 Å². The highest BCUT2D eigenvalue weighted by atomic mass is 16.2. The van der Waals surface area contributed by atoms with Gasteiger partial charge in [-0.1, -0.05) is 49.4 Å². The number of nitrogens with one attached hydrogen (secondary N) is 3. The summed E-state index contributed by atoms with van der Waals surface area (Å²) in [5.74, 6) is 0.368. The van der Waals surface area contributed by atoms with Gasteiger partial charge in [-0.2, -0.15) is 0 Å². The van der Waals surface area contributed by atoms with Gasteiger partial charge in [0.25, 0.3) is 0 Å². The molecule has 0 spiro atoms. The highest BCUT2D eigenvalue weighted by Gasteiger charge is 2.30. The molecule has 0 bridgehead atoms. The van der Waals surface area contributed by atoms with Crippen LogP contribution in [0.5, 0.6) is 0 Å². The van der Waals surface area contributed by atoms with Crippen LogP contribution in [0.1, 0.15) is 42.0 Å². The first-order valence-corrected chi connectivity index (χ1v) is 9.13. The van der Waals surface area contributed by atoms with E-state index in [0.717, 1.165) is 17.7 Å². The summed E-state index contributed by atoms with van der Waals surface area (Å²) >= 11 is 0. The summed E-state index contributed by atoms with van der Waals surface area (Å²) in [7, 11) is 0. The Labute approximate surface area is 153 Å². The molecule has 3 N–H and O–H groups in total. The Bertz CT molecular complexity index is 849. The van der Waals surface area contributed by atoms with Gasteiger partial charge in [0.05, 0.1) is 6.04 Å². The van der Waals surface area contributed by atoms with E-state index in [4.69, 9.17) is 0 Å². The molecular weight excluding hydrogens is 326 g/mol. The molecule has 2 aromatic rings. The van der Waals surface area contributed by atoms with Crippen molar-refractivity contribution >= 4 is 17.6 Å². The molecule has 1 aliphatic carbocycles. The summed E-state index contributed by atoms with van der Waals surface area (Å²) < 4.78 is 0. The van der Waals surface area contributed by atoms with Crippen LogP contribution < -0.4 is 16.0 Å². The monoisotopic (exact) mass is 349 g/mol. The van der Waals surface area contributed by atoms with Crippen LogP contribution in [0.25, 0.3) is 0 Å². The number of benzene rings is 2. The molecular formula is C21H23N3O2. The number of para-hydroxylation sites is 1. The Hall–Kier alpha value is -2.82. The normalized spacial score (nSPS) is 23.6. The Morgan fingerprint density at radius 3 is 2.65 bits per heavy atom. The molecule has 5 heteroatoms. The maximum Gasteiger partial charge on any atom is 0.315 e. The van der Waals surface area contributed by atoms with E-state index in [0.29, 0.717) is 18.9 Å². The fourth-order valence-corrected chi connectivity index (χ4v) is 4.11. The minimum atomic E-state index is -0.179. The third-order valence-corrected chi connectivity index (χ3v) is 5.40. The molecule has 2 aliphatic rings. The van der Waals surface area contributed by atoms with Crippen molar-refractivity contribution in [2.24, 2.45) is 5.92 Å². The molecule has 134 valence electrons. The third-order valence-electron chi connectivity index (χ3n) is 5.40. The highest BCUT2D eigenvalue weighted by molar-refractivity contribution is 5.94. The summed E-state index contributed by atoms with van der Waals surface area (Å²) in [6.07, 6.45) is 1.37. The molecule has 4 rings (SSSR count). The molecule has 1 aliphatic heterocycles. The van der Waals surface area contributed by atoms with Gasteiger partial charge in [0.2, 0.25) is 5.91 Å². The number of carbonyl (C=O) groups is 2. The maximum atomic E-state index is 12.5. The Balaban J connectivity index is 1.40. The lowest BCUT2D eigenvalue weighted by Crippen LogP contribution is -2.41. The van der Waals surface area contributed by atoms with Gasteiger partial charge >= 0.3 is 6.03 Å². The van der Waals surface area contributed by atoms with Crippen molar-refractivity contribution in [1.82, 2.24) is 10.6 Å². The van der Waals surface area contributed by atoms with Gasteiger partial charge in [-0.15, -0.1) is 0 Å². The summed E-state index contributed by atoms with van der Waals surface area (Å²) in [5, 5.41) is 8.96. The number of amides is 3. The molecule has 0 radical (unpaired) electrons. The second-order valence-corrected chi connectivity index (χ2v) is 7.25. The topological polar surface area (TPSA) is 70.2 Å². The second kappa shape index (κ2) is 6.83. The van der Waals surface area contributed by atoms with Gasteiger partial charge in [-0.05, 0) is 35.1 Å². The standard InChI is InChI=1S/C21H23N3O2/c1-13-10-14-6-2-3-8-17(14)20(13)24-21(26)22-12-15-11-19(25)23-18-9-5-4-7-16(15)18/h2-9,13,15,20H,10-12H2,1H3,(H,23,25)(H2,22,24,26)/t13-,15-,20-/m1/s1.